The number of nitriles is 1. The normalized spacial score (nSPS) is 11.4. The maximum atomic E-state index is 9.63. The number of nitrogens with zero attached hydrogens (tertiary/aromatic N) is 2. The number of allylic oxidation sites excluding steroid dienone is 1. The minimum atomic E-state index is 0.495. The molecule has 4 heteroatoms. The fourth-order valence-corrected chi connectivity index (χ4v) is 4.05. The molecule has 0 fully saturated rings. The van der Waals surface area contributed by atoms with Gasteiger partial charge >= 0.3 is 0 Å². The van der Waals surface area contributed by atoms with E-state index in [0.29, 0.717) is 16.5 Å². The Labute approximate surface area is 187 Å². The molecule has 152 valence electrons. The van der Waals surface area contributed by atoms with Gasteiger partial charge in [0, 0.05) is 22.8 Å². The summed E-state index contributed by atoms with van der Waals surface area (Å²) in [5.74, 6) is 0.495. The molecule has 0 aliphatic carbocycles. The average Bonchev–Trinajstić information content (AvgIpc) is 3.30. The van der Waals surface area contributed by atoms with E-state index >= 15 is 0 Å². The van der Waals surface area contributed by atoms with Gasteiger partial charge in [-0.15, -0.1) is 11.3 Å². The first-order valence-corrected chi connectivity index (χ1v) is 11.1. The number of benzene rings is 3. The molecule has 4 rings (SSSR count). The summed E-state index contributed by atoms with van der Waals surface area (Å²) in [4.78, 5) is 4.69. The van der Waals surface area contributed by atoms with Crippen molar-refractivity contribution in [2.45, 2.75) is 19.8 Å². The van der Waals surface area contributed by atoms with E-state index in [1.54, 1.807) is 6.20 Å². The molecular formula is C27H23N3S. The molecule has 1 heterocycles. The number of thiazole rings is 1. The maximum absolute atomic E-state index is 9.63. The van der Waals surface area contributed by atoms with Crippen molar-refractivity contribution >= 4 is 22.6 Å². The lowest BCUT2D eigenvalue weighted by atomic mass is 10.0. The van der Waals surface area contributed by atoms with E-state index in [1.807, 2.05) is 35.7 Å². The molecule has 3 aromatic carbocycles. The van der Waals surface area contributed by atoms with Gasteiger partial charge < -0.3 is 5.32 Å². The summed E-state index contributed by atoms with van der Waals surface area (Å²) in [6, 6.07) is 29.2. The molecule has 0 amide bonds. The van der Waals surface area contributed by atoms with Crippen LogP contribution in [0.1, 0.15) is 30.3 Å². The standard InChI is InChI=1S/C27H23N3S/c1-19(2)20-12-14-25(15-13-20)29-17-24(16-28)27-30-26(18-31-27)23-10-8-22(9-11-23)21-6-4-3-5-7-21/h3-15,17-19,29H,1-2H3/b24-17+. The monoisotopic (exact) mass is 421 g/mol. The van der Waals surface area contributed by atoms with Crippen molar-refractivity contribution in [1.82, 2.24) is 4.98 Å². The van der Waals surface area contributed by atoms with E-state index in [4.69, 9.17) is 4.98 Å². The van der Waals surface area contributed by atoms with Crippen LogP contribution in [0.2, 0.25) is 0 Å². The summed E-state index contributed by atoms with van der Waals surface area (Å²) in [5.41, 5.74) is 7.03. The first-order valence-electron chi connectivity index (χ1n) is 10.2. The molecule has 4 aromatic rings. The Hall–Kier alpha value is -3.68. The summed E-state index contributed by atoms with van der Waals surface area (Å²) >= 11 is 1.48. The number of rotatable bonds is 6. The molecule has 0 atom stereocenters. The van der Waals surface area contributed by atoms with Crippen LogP contribution in [0.25, 0.3) is 28.0 Å². The molecule has 1 N–H and O–H groups in total. The molecule has 3 nitrogen and oxygen atoms in total. The Bertz CT molecular complexity index is 1210. The van der Waals surface area contributed by atoms with Crippen molar-refractivity contribution in [3.8, 4) is 28.5 Å². The summed E-state index contributed by atoms with van der Waals surface area (Å²) < 4.78 is 0. The van der Waals surface area contributed by atoms with E-state index in [2.05, 4.69) is 73.8 Å². The SMILES string of the molecule is CC(C)c1ccc(N/C=C(\C#N)c2nc(-c3ccc(-c4ccccc4)cc3)cs2)cc1. The highest BCUT2D eigenvalue weighted by atomic mass is 32.1. The highest BCUT2D eigenvalue weighted by molar-refractivity contribution is 7.11. The predicted octanol–water partition coefficient (Wildman–Crippen LogP) is 7.58. The smallest absolute Gasteiger partial charge is 0.136 e. The lowest BCUT2D eigenvalue weighted by Crippen LogP contribution is -1.92. The molecule has 0 bridgehead atoms. The number of anilines is 1. The third-order valence-electron chi connectivity index (χ3n) is 5.10. The van der Waals surface area contributed by atoms with Gasteiger partial charge in [-0.1, -0.05) is 80.6 Å². The molecule has 0 saturated carbocycles. The van der Waals surface area contributed by atoms with Gasteiger partial charge in [0.15, 0.2) is 0 Å². The Balaban J connectivity index is 1.50. The lowest BCUT2D eigenvalue weighted by Gasteiger charge is -2.07. The van der Waals surface area contributed by atoms with Crippen LogP contribution in [0, 0.1) is 11.3 Å². The summed E-state index contributed by atoms with van der Waals surface area (Å²) in [5, 5.41) is 15.5. The van der Waals surface area contributed by atoms with Gasteiger partial charge in [-0.25, -0.2) is 4.98 Å². The summed E-state index contributed by atoms with van der Waals surface area (Å²) in [6.45, 7) is 4.34. The first-order chi connectivity index (χ1) is 15.1. The van der Waals surface area contributed by atoms with Gasteiger partial charge in [-0.3, -0.25) is 0 Å². The van der Waals surface area contributed by atoms with Crippen LogP contribution in [0.5, 0.6) is 0 Å². The molecule has 0 radical (unpaired) electrons. The van der Waals surface area contributed by atoms with Crippen LogP contribution < -0.4 is 5.32 Å². The fourth-order valence-electron chi connectivity index (χ4n) is 3.26. The minimum absolute atomic E-state index is 0.495. The van der Waals surface area contributed by atoms with E-state index < -0.39 is 0 Å². The Morgan fingerprint density at radius 3 is 2.19 bits per heavy atom. The second-order valence-corrected chi connectivity index (χ2v) is 8.43. The highest BCUT2D eigenvalue weighted by Crippen LogP contribution is 2.28. The largest absolute Gasteiger partial charge is 0.360 e. The number of hydrogen-bond acceptors (Lipinski definition) is 4. The molecule has 0 saturated heterocycles. The van der Waals surface area contributed by atoms with Crippen molar-refractivity contribution in [3.63, 3.8) is 0 Å². The zero-order chi connectivity index (χ0) is 21.6. The molecule has 0 aliphatic heterocycles. The minimum Gasteiger partial charge on any atom is -0.360 e. The van der Waals surface area contributed by atoms with Crippen LogP contribution in [0.4, 0.5) is 5.69 Å². The second kappa shape index (κ2) is 9.42. The van der Waals surface area contributed by atoms with Crippen LogP contribution in [0.3, 0.4) is 0 Å². The van der Waals surface area contributed by atoms with E-state index in [9.17, 15) is 5.26 Å². The van der Waals surface area contributed by atoms with Crippen molar-refractivity contribution in [1.29, 1.82) is 5.26 Å². The van der Waals surface area contributed by atoms with Crippen molar-refractivity contribution in [2.75, 3.05) is 5.32 Å². The Kier molecular flexibility index (Phi) is 6.26. The third-order valence-corrected chi connectivity index (χ3v) is 5.98. The quantitative estimate of drug-likeness (QED) is 0.326. The number of aromatic nitrogens is 1. The van der Waals surface area contributed by atoms with Gasteiger partial charge in [0.1, 0.15) is 16.6 Å². The van der Waals surface area contributed by atoms with Gasteiger partial charge in [0.2, 0.25) is 0 Å². The van der Waals surface area contributed by atoms with E-state index in [1.165, 1.54) is 28.0 Å². The topological polar surface area (TPSA) is 48.7 Å². The Morgan fingerprint density at radius 2 is 1.55 bits per heavy atom. The molecule has 0 unspecified atom stereocenters. The second-order valence-electron chi connectivity index (χ2n) is 7.57. The molecule has 31 heavy (non-hydrogen) atoms. The maximum Gasteiger partial charge on any atom is 0.136 e. The summed E-state index contributed by atoms with van der Waals surface area (Å²) in [7, 11) is 0. The van der Waals surface area contributed by atoms with Crippen molar-refractivity contribution in [2.24, 2.45) is 0 Å². The Morgan fingerprint density at radius 1 is 0.903 bits per heavy atom. The number of hydrogen-bond donors (Lipinski definition) is 1. The van der Waals surface area contributed by atoms with E-state index in [0.717, 1.165) is 16.9 Å². The van der Waals surface area contributed by atoms with Crippen LogP contribution in [0.15, 0.2) is 90.4 Å². The fraction of sp³-hybridized carbons (Fsp3) is 0.111. The predicted molar refractivity (Wildman–Crippen MR) is 131 cm³/mol. The first kappa shape index (κ1) is 20.6. The van der Waals surface area contributed by atoms with Crippen LogP contribution in [-0.4, -0.2) is 4.98 Å². The van der Waals surface area contributed by atoms with Gasteiger partial charge in [-0.05, 0) is 34.7 Å². The zero-order valence-corrected chi connectivity index (χ0v) is 18.4. The van der Waals surface area contributed by atoms with E-state index in [-0.39, 0.29) is 0 Å². The van der Waals surface area contributed by atoms with Crippen molar-refractivity contribution < 1.29 is 0 Å². The molecule has 0 aliphatic rings. The third kappa shape index (κ3) is 4.91. The molecular weight excluding hydrogens is 398 g/mol. The van der Waals surface area contributed by atoms with Crippen LogP contribution in [-0.2, 0) is 0 Å². The molecule has 1 aromatic heterocycles. The zero-order valence-electron chi connectivity index (χ0n) is 17.5. The summed E-state index contributed by atoms with van der Waals surface area (Å²) in [6.07, 6.45) is 1.73. The average molecular weight is 422 g/mol. The van der Waals surface area contributed by atoms with Gasteiger partial charge in [0.25, 0.3) is 0 Å². The van der Waals surface area contributed by atoms with Gasteiger partial charge in [0.05, 0.1) is 5.69 Å². The molecule has 0 spiro atoms. The van der Waals surface area contributed by atoms with Gasteiger partial charge in [-0.2, -0.15) is 5.26 Å². The highest BCUT2D eigenvalue weighted by Gasteiger charge is 2.09. The van der Waals surface area contributed by atoms with Crippen molar-refractivity contribution in [3.05, 3.63) is 101 Å². The number of nitrogens with one attached hydrogen (secondary N) is 1. The lowest BCUT2D eigenvalue weighted by molar-refractivity contribution is 0.867. The van der Waals surface area contributed by atoms with Crippen LogP contribution >= 0.6 is 11.3 Å².